The van der Waals surface area contributed by atoms with Gasteiger partial charge in [0.1, 0.15) is 0 Å². The molecule has 132 valence electrons. The van der Waals surface area contributed by atoms with E-state index >= 15 is 0 Å². The van der Waals surface area contributed by atoms with Crippen molar-refractivity contribution >= 4 is 24.1 Å². The molecule has 0 aliphatic carbocycles. The molecule has 0 amide bonds. The van der Waals surface area contributed by atoms with Gasteiger partial charge in [0.25, 0.3) is 0 Å². The number of nitrogens with one attached hydrogen (secondary N) is 1. The highest BCUT2D eigenvalue weighted by atomic mass is 32.1. The number of aromatic amines is 1. The molecular weight excluding hydrogens is 346 g/mol. The Kier molecular flexibility index (Phi) is 4.90. The summed E-state index contributed by atoms with van der Waals surface area (Å²) in [6, 6.07) is 18.2. The van der Waals surface area contributed by atoms with Crippen LogP contribution in [-0.2, 0) is 4.74 Å². The summed E-state index contributed by atoms with van der Waals surface area (Å²) in [5, 5.41) is 11.6. The van der Waals surface area contributed by atoms with E-state index in [1.807, 2.05) is 30.3 Å². The van der Waals surface area contributed by atoms with Gasteiger partial charge in [-0.3, -0.25) is 0 Å². The molecule has 1 aromatic heterocycles. The van der Waals surface area contributed by atoms with Crippen LogP contribution in [-0.4, -0.2) is 47.4 Å². The summed E-state index contributed by atoms with van der Waals surface area (Å²) in [6.45, 7) is 3.42. The molecule has 1 N–H and O–H groups in total. The summed E-state index contributed by atoms with van der Waals surface area (Å²) < 4.78 is 7.50. The van der Waals surface area contributed by atoms with Crippen molar-refractivity contribution < 1.29 is 4.74 Å². The predicted octanol–water partition coefficient (Wildman–Crippen LogP) is 3.33. The van der Waals surface area contributed by atoms with Gasteiger partial charge in [-0.1, -0.05) is 42.5 Å². The van der Waals surface area contributed by atoms with Gasteiger partial charge in [-0.2, -0.15) is 14.9 Å². The average molecular weight is 365 g/mol. The quantitative estimate of drug-likeness (QED) is 0.569. The number of H-pyrrole nitrogens is 1. The van der Waals surface area contributed by atoms with Crippen LogP contribution < -0.4 is 4.90 Å². The van der Waals surface area contributed by atoms with Crippen molar-refractivity contribution in [3.05, 3.63) is 64.9 Å². The van der Waals surface area contributed by atoms with Crippen LogP contribution in [0.2, 0.25) is 0 Å². The lowest BCUT2D eigenvalue weighted by Gasteiger charge is -2.28. The molecule has 0 bridgehead atoms. The monoisotopic (exact) mass is 365 g/mol. The molecule has 6 nitrogen and oxygen atoms in total. The highest BCUT2D eigenvalue weighted by Crippen LogP contribution is 2.18. The van der Waals surface area contributed by atoms with Gasteiger partial charge in [-0.15, -0.1) is 0 Å². The Morgan fingerprint density at radius 2 is 1.77 bits per heavy atom. The van der Waals surface area contributed by atoms with Gasteiger partial charge in [-0.05, 0) is 29.9 Å². The Hall–Kier alpha value is -2.77. The second-order valence-corrected chi connectivity index (χ2v) is 6.35. The maximum absolute atomic E-state index is 5.40. The average Bonchev–Trinajstić information content (AvgIpc) is 3.08. The summed E-state index contributed by atoms with van der Waals surface area (Å²) in [5.41, 5.74) is 3.17. The van der Waals surface area contributed by atoms with E-state index in [0.717, 1.165) is 37.4 Å². The Labute approximate surface area is 156 Å². The Morgan fingerprint density at radius 1 is 1.04 bits per heavy atom. The van der Waals surface area contributed by atoms with E-state index in [9.17, 15) is 0 Å². The van der Waals surface area contributed by atoms with Gasteiger partial charge in [-0.25, -0.2) is 5.10 Å². The second-order valence-electron chi connectivity index (χ2n) is 5.97. The zero-order valence-electron chi connectivity index (χ0n) is 14.2. The molecule has 0 radical (unpaired) electrons. The zero-order chi connectivity index (χ0) is 17.8. The molecule has 7 heteroatoms. The highest BCUT2D eigenvalue weighted by molar-refractivity contribution is 7.71. The Morgan fingerprint density at radius 3 is 2.50 bits per heavy atom. The molecule has 1 saturated heterocycles. The lowest BCUT2D eigenvalue weighted by molar-refractivity contribution is 0.122. The first-order chi connectivity index (χ1) is 12.8. The molecule has 1 aliphatic heterocycles. The lowest BCUT2D eigenvalue weighted by Crippen LogP contribution is -2.36. The summed E-state index contributed by atoms with van der Waals surface area (Å²) in [7, 11) is 0. The molecule has 0 atom stereocenters. The van der Waals surface area contributed by atoms with Gasteiger partial charge in [0.15, 0.2) is 5.82 Å². The fourth-order valence-electron chi connectivity index (χ4n) is 2.89. The first kappa shape index (κ1) is 16.7. The highest BCUT2D eigenvalue weighted by Gasteiger charge is 2.10. The van der Waals surface area contributed by atoms with Gasteiger partial charge >= 0.3 is 0 Å². The third-order valence-corrected chi connectivity index (χ3v) is 4.54. The molecule has 4 rings (SSSR count). The van der Waals surface area contributed by atoms with Crippen LogP contribution in [0.5, 0.6) is 0 Å². The summed E-state index contributed by atoms with van der Waals surface area (Å²) in [4.78, 5) is 2.32. The first-order valence-corrected chi connectivity index (χ1v) is 8.92. The van der Waals surface area contributed by atoms with Crippen molar-refractivity contribution in [3.63, 3.8) is 0 Å². The molecule has 1 fully saturated rings. The van der Waals surface area contributed by atoms with Crippen LogP contribution >= 0.6 is 12.2 Å². The lowest BCUT2D eigenvalue weighted by atomic mass is 10.2. The number of anilines is 1. The summed E-state index contributed by atoms with van der Waals surface area (Å²) >= 11 is 5.31. The molecule has 26 heavy (non-hydrogen) atoms. The van der Waals surface area contributed by atoms with Gasteiger partial charge in [0, 0.05) is 24.3 Å². The minimum atomic E-state index is 0.463. The largest absolute Gasteiger partial charge is 0.378 e. The smallest absolute Gasteiger partial charge is 0.216 e. The number of morpholine rings is 1. The fraction of sp³-hybridized carbons (Fsp3) is 0.211. The van der Waals surface area contributed by atoms with Crippen LogP contribution in [0.4, 0.5) is 5.69 Å². The fourth-order valence-corrected chi connectivity index (χ4v) is 3.07. The molecule has 0 spiro atoms. The topological polar surface area (TPSA) is 58.4 Å². The number of hydrogen-bond donors (Lipinski definition) is 1. The predicted molar refractivity (Wildman–Crippen MR) is 105 cm³/mol. The van der Waals surface area contributed by atoms with E-state index in [4.69, 9.17) is 17.0 Å². The second kappa shape index (κ2) is 7.63. The first-order valence-electron chi connectivity index (χ1n) is 8.51. The molecule has 2 aromatic carbocycles. The molecular formula is C19H19N5OS. The molecule has 1 aliphatic rings. The van der Waals surface area contributed by atoms with Crippen LogP contribution in [0.15, 0.2) is 59.7 Å². The summed E-state index contributed by atoms with van der Waals surface area (Å²) in [6.07, 6.45) is 1.79. The van der Waals surface area contributed by atoms with E-state index in [2.05, 4.69) is 44.5 Å². The zero-order valence-corrected chi connectivity index (χ0v) is 15.0. The van der Waals surface area contributed by atoms with Crippen molar-refractivity contribution in [1.82, 2.24) is 14.9 Å². The molecule has 0 unspecified atom stereocenters. The van der Waals surface area contributed by atoms with Crippen molar-refractivity contribution in [1.29, 1.82) is 0 Å². The standard InChI is InChI=1S/C19H19N5OS/c26-19-22-21-18(16-4-2-1-3-5-16)24(19)20-14-15-6-8-17(9-7-15)23-10-12-25-13-11-23/h1-9,14H,10-13H2,(H,22,26)/b20-14+. The minimum absolute atomic E-state index is 0.463. The van der Waals surface area contributed by atoms with Crippen molar-refractivity contribution in [2.75, 3.05) is 31.2 Å². The molecule has 0 saturated carbocycles. The SMILES string of the molecule is S=c1[nH]nc(-c2ccccc2)n1/N=C/c1ccc(N2CCOCC2)cc1. The van der Waals surface area contributed by atoms with Gasteiger partial charge in [0.2, 0.25) is 4.77 Å². The van der Waals surface area contributed by atoms with E-state index < -0.39 is 0 Å². The van der Waals surface area contributed by atoms with Crippen molar-refractivity contribution in [2.24, 2.45) is 5.10 Å². The maximum Gasteiger partial charge on any atom is 0.216 e. The van der Waals surface area contributed by atoms with Gasteiger partial charge in [0.05, 0.1) is 19.4 Å². The molecule has 3 aromatic rings. The maximum atomic E-state index is 5.40. The number of hydrogen-bond acceptors (Lipinski definition) is 5. The number of rotatable bonds is 4. The van der Waals surface area contributed by atoms with E-state index in [0.29, 0.717) is 10.6 Å². The van der Waals surface area contributed by atoms with Crippen LogP contribution in [0, 0.1) is 4.77 Å². The van der Waals surface area contributed by atoms with E-state index in [1.165, 1.54) is 5.69 Å². The Balaban J connectivity index is 1.55. The van der Waals surface area contributed by atoms with Crippen molar-refractivity contribution in [3.8, 4) is 11.4 Å². The van der Waals surface area contributed by atoms with Gasteiger partial charge < -0.3 is 9.64 Å². The number of ether oxygens (including phenoxy) is 1. The summed E-state index contributed by atoms with van der Waals surface area (Å²) in [5.74, 6) is 0.691. The van der Waals surface area contributed by atoms with Crippen LogP contribution in [0.3, 0.4) is 0 Å². The van der Waals surface area contributed by atoms with E-state index in [-0.39, 0.29) is 0 Å². The van der Waals surface area contributed by atoms with Crippen molar-refractivity contribution in [2.45, 2.75) is 0 Å². The Bertz CT molecular complexity index is 940. The third-order valence-electron chi connectivity index (χ3n) is 4.27. The normalized spacial score (nSPS) is 14.8. The molecule has 2 heterocycles. The number of benzene rings is 2. The van der Waals surface area contributed by atoms with Crippen LogP contribution in [0.1, 0.15) is 5.56 Å². The number of aromatic nitrogens is 3. The van der Waals surface area contributed by atoms with Crippen LogP contribution in [0.25, 0.3) is 11.4 Å². The van der Waals surface area contributed by atoms with E-state index in [1.54, 1.807) is 10.9 Å². The number of nitrogens with zero attached hydrogens (tertiary/aromatic N) is 4. The third kappa shape index (κ3) is 3.58. The minimum Gasteiger partial charge on any atom is -0.378 e.